The second-order valence-electron chi connectivity index (χ2n) is 5.73. The minimum Gasteiger partial charge on any atom is -0.480 e. The maximum Gasteiger partial charge on any atom is 0.323 e. The van der Waals surface area contributed by atoms with Gasteiger partial charge in [-0.25, -0.2) is 0 Å². The Balaban J connectivity index is 2.24. The van der Waals surface area contributed by atoms with Gasteiger partial charge < -0.3 is 15.3 Å². The van der Waals surface area contributed by atoms with E-state index in [2.05, 4.69) is 17.1 Å². The highest BCUT2D eigenvalue weighted by atomic mass is 16.4. The normalized spacial score (nSPS) is 24.1. The number of rotatable bonds is 8. The van der Waals surface area contributed by atoms with E-state index in [-0.39, 0.29) is 0 Å². The van der Waals surface area contributed by atoms with Gasteiger partial charge in [-0.2, -0.15) is 0 Å². The van der Waals surface area contributed by atoms with Crippen LogP contribution in [-0.4, -0.2) is 48.2 Å². The zero-order chi connectivity index (χ0) is 13.6. The first-order chi connectivity index (χ1) is 8.51. The van der Waals surface area contributed by atoms with Crippen LogP contribution in [0.25, 0.3) is 0 Å². The van der Waals surface area contributed by atoms with Gasteiger partial charge in [0.05, 0.1) is 0 Å². The summed E-state index contributed by atoms with van der Waals surface area (Å²) in [6.07, 6.45) is 5.56. The topological polar surface area (TPSA) is 52.6 Å². The molecule has 1 heterocycles. The molecule has 106 valence electrons. The number of hydrogen-bond donors (Lipinski definition) is 2. The number of carboxylic acid groups (broad SMARTS) is 1. The average molecular weight is 256 g/mol. The summed E-state index contributed by atoms with van der Waals surface area (Å²) in [5.74, 6) is 0.112. The highest BCUT2D eigenvalue weighted by Gasteiger charge is 2.31. The van der Waals surface area contributed by atoms with Crippen LogP contribution in [-0.2, 0) is 4.79 Å². The van der Waals surface area contributed by atoms with E-state index in [4.69, 9.17) is 5.11 Å². The van der Waals surface area contributed by atoms with Crippen LogP contribution in [0.4, 0.5) is 0 Å². The third kappa shape index (κ3) is 4.25. The quantitative estimate of drug-likeness (QED) is 0.697. The van der Waals surface area contributed by atoms with Gasteiger partial charge in [-0.1, -0.05) is 13.3 Å². The molecular formula is C14H28N2O2. The number of likely N-dealkylation sites (N-methyl/N-ethyl adjacent to an activating group) is 1. The van der Waals surface area contributed by atoms with Crippen molar-refractivity contribution in [1.29, 1.82) is 0 Å². The number of nitrogens with zero attached hydrogens (tertiary/aromatic N) is 1. The lowest BCUT2D eigenvalue weighted by atomic mass is 9.96. The van der Waals surface area contributed by atoms with Gasteiger partial charge in [0, 0.05) is 6.54 Å². The van der Waals surface area contributed by atoms with Gasteiger partial charge in [0.15, 0.2) is 0 Å². The number of carboxylic acids is 1. The predicted molar refractivity (Wildman–Crippen MR) is 73.8 cm³/mol. The molecule has 2 atom stereocenters. The van der Waals surface area contributed by atoms with Crippen LogP contribution in [0.15, 0.2) is 0 Å². The van der Waals surface area contributed by atoms with E-state index in [0.717, 1.165) is 18.9 Å². The molecule has 0 aromatic heterocycles. The molecule has 0 amide bonds. The van der Waals surface area contributed by atoms with Crippen molar-refractivity contribution < 1.29 is 9.90 Å². The van der Waals surface area contributed by atoms with Gasteiger partial charge in [-0.3, -0.25) is 4.79 Å². The summed E-state index contributed by atoms with van der Waals surface area (Å²) in [6, 6.07) is 0. The summed E-state index contributed by atoms with van der Waals surface area (Å²) in [7, 11) is 1.72. The van der Waals surface area contributed by atoms with E-state index in [1.54, 1.807) is 14.0 Å². The molecule has 18 heavy (non-hydrogen) atoms. The highest BCUT2D eigenvalue weighted by molar-refractivity contribution is 5.78. The van der Waals surface area contributed by atoms with Crippen LogP contribution >= 0.6 is 0 Å². The maximum absolute atomic E-state index is 11.1. The average Bonchev–Trinajstić information content (AvgIpc) is 2.77. The molecule has 0 aromatic carbocycles. The lowest BCUT2D eigenvalue weighted by Crippen LogP contribution is -2.47. The Morgan fingerprint density at radius 1 is 1.56 bits per heavy atom. The second kappa shape index (κ2) is 7.10. The molecule has 2 unspecified atom stereocenters. The van der Waals surface area contributed by atoms with Crippen molar-refractivity contribution >= 4 is 5.97 Å². The van der Waals surface area contributed by atoms with Crippen LogP contribution in [0.2, 0.25) is 0 Å². The van der Waals surface area contributed by atoms with Crippen molar-refractivity contribution in [3.8, 4) is 0 Å². The fraction of sp³-hybridized carbons (Fsp3) is 0.929. The van der Waals surface area contributed by atoms with E-state index >= 15 is 0 Å². The zero-order valence-electron chi connectivity index (χ0n) is 12.0. The Bertz CT molecular complexity index is 271. The van der Waals surface area contributed by atoms with Crippen LogP contribution in [0.5, 0.6) is 0 Å². The molecule has 2 N–H and O–H groups in total. The Kier molecular flexibility index (Phi) is 6.09. The molecule has 1 rings (SSSR count). The molecule has 0 aromatic rings. The lowest BCUT2D eigenvalue weighted by molar-refractivity contribution is -0.144. The molecule has 0 aliphatic carbocycles. The molecule has 1 aliphatic rings. The summed E-state index contributed by atoms with van der Waals surface area (Å²) in [5.41, 5.74) is -0.775. The molecule has 0 saturated carbocycles. The molecule has 0 spiro atoms. The second-order valence-corrected chi connectivity index (χ2v) is 5.73. The van der Waals surface area contributed by atoms with Crippen molar-refractivity contribution in [3.05, 3.63) is 0 Å². The van der Waals surface area contributed by atoms with Gasteiger partial charge in [0.1, 0.15) is 5.54 Å². The van der Waals surface area contributed by atoms with Crippen LogP contribution in [0, 0.1) is 5.92 Å². The summed E-state index contributed by atoms with van der Waals surface area (Å²) < 4.78 is 0. The van der Waals surface area contributed by atoms with Crippen LogP contribution < -0.4 is 5.32 Å². The van der Waals surface area contributed by atoms with Crippen molar-refractivity contribution in [3.63, 3.8) is 0 Å². The van der Waals surface area contributed by atoms with Crippen molar-refractivity contribution in [1.82, 2.24) is 10.2 Å². The van der Waals surface area contributed by atoms with Gasteiger partial charge in [-0.05, 0) is 58.7 Å². The summed E-state index contributed by atoms with van der Waals surface area (Å²) in [4.78, 5) is 13.6. The Morgan fingerprint density at radius 2 is 2.28 bits per heavy atom. The van der Waals surface area contributed by atoms with Gasteiger partial charge in [0.25, 0.3) is 0 Å². The predicted octanol–water partition coefficient (Wildman–Crippen LogP) is 1.95. The molecule has 4 nitrogen and oxygen atoms in total. The number of carbonyl (C=O) groups is 1. The van der Waals surface area contributed by atoms with E-state index in [1.807, 2.05) is 0 Å². The third-order valence-corrected chi connectivity index (χ3v) is 4.24. The first-order valence-corrected chi connectivity index (χ1v) is 7.16. The number of likely N-dealkylation sites (tertiary alicyclic amines) is 1. The van der Waals surface area contributed by atoms with Crippen LogP contribution in [0.1, 0.15) is 46.0 Å². The smallest absolute Gasteiger partial charge is 0.323 e. The van der Waals surface area contributed by atoms with E-state index in [9.17, 15) is 4.79 Å². The summed E-state index contributed by atoms with van der Waals surface area (Å²) in [6.45, 7) is 7.43. The lowest BCUT2D eigenvalue weighted by Gasteiger charge is -2.25. The van der Waals surface area contributed by atoms with Crippen molar-refractivity contribution in [2.45, 2.75) is 51.5 Å². The molecule has 4 heteroatoms. The Hall–Kier alpha value is -0.610. The monoisotopic (exact) mass is 256 g/mol. The van der Waals surface area contributed by atoms with Gasteiger partial charge >= 0.3 is 5.97 Å². The molecule has 1 aliphatic heterocycles. The van der Waals surface area contributed by atoms with Crippen LogP contribution in [0.3, 0.4) is 0 Å². The van der Waals surface area contributed by atoms with Crippen molar-refractivity contribution in [2.75, 3.05) is 26.7 Å². The summed E-state index contributed by atoms with van der Waals surface area (Å²) >= 11 is 0. The maximum atomic E-state index is 11.1. The Labute approximate surface area is 111 Å². The SMILES string of the molecule is CCCC1CCN(CCCC(C)(NC)C(=O)O)C1. The van der Waals surface area contributed by atoms with E-state index in [1.165, 1.54) is 32.4 Å². The minimum absolute atomic E-state index is 0.688. The number of aliphatic carboxylic acids is 1. The summed E-state index contributed by atoms with van der Waals surface area (Å²) in [5, 5.41) is 12.1. The molecule has 0 radical (unpaired) electrons. The molecule has 1 fully saturated rings. The standard InChI is InChI=1S/C14H28N2O2/c1-4-6-12-7-10-16(11-12)9-5-8-14(2,15-3)13(17)18/h12,15H,4-11H2,1-3H3,(H,17,18). The largest absolute Gasteiger partial charge is 0.480 e. The number of nitrogens with one attached hydrogen (secondary N) is 1. The first-order valence-electron chi connectivity index (χ1n) is 7.16. The van der Waals surface area contributed by atoms with Crippen molar-refractivity contribution in [2.24, 2.45) is 5.92 Å². The number of hydrogen-bond acceptors (Lipinski definition) is 3. The zero-order valence-corrected chi connectivity index (χ0v) is 12.0. The van der Waals surface area contributed by atoms with E-state index in [0.29, 0.717) is 6.42 Å². The van der Waals surface area contributed by atoms with E-state index < -0.39 is 11.5 Å². The van der Waals surface area contributed by atoms with Gasteiger partial charge in [0.2, 0.25) is 0 Å². The highest BCUT2D eigenvalue weighted by Crippen LogP contribution is 2.22. The first kappa shape index (κ1) is 15.4. The fourth-order valence-electron chi connectivity index (χ4n) is 2.75. The molecular weight excluding hydrogens is 228 g/mol. The molecule has 0 bridgehead atoms. The minimum atomic E-state index is -0.775. The molecule has 1 saturated heterocycles. The fourth-order valence-corrected chi connectivity index (χ4v) is 2.75. The Morgan fingerprint density at radius 3 is 2.83 bits per heavy atom. The van der Waals surface area contributed by atoms with Gasteiger partial charge in [-0.15, -0.1) is 0 Å². The third-order valence-electron chi connectivity index (χ3n) is 4.24.